The van der Waals surface area contributed by atoms with Gasteiger partial charge in [0.25, 0.3) is 0 Å². The van der Waals surface area contributed by atoms with E-state index in [1.54, 1.807) is 4.90 Å². The van der Waals surface area contributed by atoms with Crippen LogP contribution in [0.2, 0.25) is 0 Å². The molecular formula is C17H21OS2+. The van der Waals surface area contributed by atoms with Gasteiger partial charge in [0.15, 0.2) is 4.90 Å². The van der Waals surface area contributed by atoms with E-state index in [9.17, 15) is 0 Å². The van der Waals surface area contributed by atoms with E-state index in [-0.39, 0.29) is 0 Å². The smallest absolute Gasteiger partial charge is 0.162 e. The van der Waals surface area contributed by atoms with Gasteiger partial charge < -0.3 is 4.74 Å². The Morgan fingerprint density at radius 2 is 1.80 bits per heavy atom. The Bertz CT molecular complexity index is 576. The lowest BCUT2D eigenvalue weighted by atomic mass is 10.1. The highest BCUT2D eigenvalue weighted by molar-refractivity contribution is 7.98. The van der Waals surface area contributed by atoms with E-state index in [0.29, 0.717) is 10.9 Å². The fraction of sp³-hybridized carbons (Fsp3) is 0.412. The largest absolute Gasteiger partial charge is 0.492 e. The van der Waals surface area contributed by atoms with Crippen molar-refractivity contribution in [1.82, 2.24) is 0 Å². The van der Waals surface area contributed by atoms with E-state index in [1.165, 1.54) is 35.1 Å². The van der Waals surface area contributed by atoms with Crippen LogP contribution in [0.1, 0.15) is 12.8 Å². The molecule has 0 unspecified atom stereocenters. The zero-order valence-electron chi connectivity index (χ0n) is 11.9. The van der Waals surface area contributed by atoms with Gasteiger partial charge in [-0.25, -0.2) is 0 Å². The van der Waals surface area contributed by atoms with Crippen LogP contribution in [-0.2, 0) is 10.9 Å². The second kappa shape index (κ2) is 6.77. The minimum Gasteiger partial charge on any atom is -0.492 e. The van der Waals surface area contributed by atoms with E-state index in [1.807, 2.05) is 11.8 Å². The van der Waals surface area contributed by atoms with Crippen molar-refractivity contribution in [3.05, 3.63) is 36.4 Å². The monoisotopic (exact) mass is 305 g/mol. The van der Waals surface area contributed by atoms with E-state index in [0.717, 1.165) is 18.1 Å². The molecule has 0 radical (unpaired) electrons. The van der Waals surface area contributed by atoms with Gasteiger partial charge in [-0.2, -0.15) is 11.8 Å². The van der Waals surface area contributed by atoms with Gasteiger partial charge in [0.05, 0.1) is 6.61 Å². The van der Waals surface area contributed by atoms with Gasteiger partial charge in [-0.3, -0.25) is 0 Å². The first kappa shape index (κ1) is 14.2. The number of ether oxygens (including phenoxy) is 1. The maximum absolute atomic E-state index is 5.96. The van der Waals surface area contributed by atoms with Crippen LogP contribution in [0, 0.1) is 0 Å². The Hall–Kier alpha value is -0.800. The van der Waals surface area contributed by atoms with Gasteiger partial charge in [-0.1, -0.05) is 18.2 Å². The molecule has 1 fully saturated rings. The molecule has 1 saturated heterocycles. The minimum atomic E-state index is 0.459. The molecule has 20 heavy (non-hydrogen) atoms. The topological polar surface area (TPSA) is 9.23 Å². The Kier molecular flexibility index (Phi) is 4.79. The number of hydrogen-bond acceptors (Lipinski definition) is 2. The molecule has 2 aromatic rings. The lowest BCUT2D eigenvalue weighted by Gasteiger charge is -2.11. The van der Waals surface area contributed by atoms with Crippen LogP contribution < -0.4 is 4.74 Å². The number of rotatable bonds is 5. The predicted octanol–water partition coefficient (Wildman–Crippen LogP) is 4.35. The highest BCUT2D eigenvalue weighted by atomic mass is 32.2. The highest BCUT2D eigenvalue weighted by Crippen LogP contribution is 2.34. The Morgan fingerprint density at radius 1 is 1.05 bits per heavy atom. The van der Waals surface area contributed by atoms with Crippen molar-refractivity contribution in [2.45, 2.75) is 17.7 Å². The second-order valence-corrected chi connectivity index (χ2v) is 8.28. The molecule has 3 rings (SSSR count). The summed E-state index contributed by atoms with van der Waals surface area (Å²) in [5.41, 5.74) is 0. The predicted molar refractivity (Wildman–Crippen MR) is 92.4 cm³/mol. The fourth-order valence-electron chi connectivity index (χ4n) is 2.73. The number of hydrogen-bond donors (Lipinski definition) is 0. The summed E-state index contributed by atoms with van der Waals surface area (Å²) in [6.45, 7) is 0.788. The summed E-state index contributed by atoms with van der Waals surface area (Å²) in [7, 11) is 0.459. The highest BCUT2D eigenvalue weighted by Gasteiger charge is 2.29. The fourth-order valence-corrected chi connectivity index (χ4v) is 5.48. The molecule has 2 aromatic carbocycles. The summed E-state index contributed by atoms with van der Waals surface area (Å²) >= 11 is 1.83. The maximum atomic E-state index is 5.96. The molecule has 0 spiro atoms. The quantitative estimate of drug-likeness (QED) is 0.600. The summed E-state index contributed by atoms with van der Waals surface area (Å²) in [6.07, 6.45) is 4.90. The van der Waals surface area contributed by atoms with Crippen LogP contribution in [-0.4, -0.2) is 30.1 Å². The van der Waals surface area contributed by atoms with Crippen LogP contribution in [0.25, 0.3) is 10.8 Å². The summed E-state index contributed by atoms with van der Waals surface area (Å²) in [5, 5.41) is 2.69. The van der Waals surface area contributed by atoms with Crippen LogP contribution in [0.15, 0.2) is 41.3 Å². The first-order valence-corrected chi connectivity index (χ1v) is 10.2. The molecule has 0 amide bonds. The molecule has 3 heteroatoms. The van der Waals surface area contributed by atoms with Crippen LogP contribution in [0.4, 0.5) is 0 Å². The van der Waals surface area contributed by atoms with Crippen molar-refractivity contribution in [2.75, 3.05) is 30.1 Å². The van der Waals surface area contributed by atoms with E-state index in [4.69, 9.17) is 4.74 Å². The Morgan fingerprint density at radius 3 is 2.55 bits per heavy atom. The van der Waals surface area contributed by atoms with Crippen LogP contribution in [0.3, 0.4) is 0 Å². The van der Waals surface area contributed by atoms with E-state index < -0.39 is 0 Å². The van der Waals surface area contributed by atoms with Crippen molar-refractivity contribution in [1.29, 1.82) is 0 Å². The average molecular weight is 305 g/mol. The van der Waals surface area contributed by atoms with Gasteiger partial charge in [-0.05, 0) is 37.3 Å². The summed E-state index contributed by atoms with van der Waals surface area (Å²) in [6, 6.07) is 13.2. The summed E-state index contributed by atoms with van der Waals surface area (Å²) in [5.74, 6) is 4.83. The molecule has 0 saturated carbocycles. The third kappa shape index (κ3) is 2.94. The van der Waals surface area contributed by atoms with Gasteiger partial charge in [0.2, 0.25) is 0 Å². The van der Waals surface area contributed by atoms with Crippen LogP contribution >= 0.6 is 11.8 Å². The molecule has 0 bridgehead atoms. The minimum absolute atomic E-state index is 0.459. The van der Waals surface area contributed by atoms with Crippen LogP contribution in [0.5, 0.6) is 5.75 Å². The first-order chi connectivity index (χ1) is 9.90. The van der Waals surface area contributed by atoms with Crippen molar-refractivity contribution in [3.63, 3.8) is 0 Å². The summed E-state index contributed by atoms with van der Waals surface area (Å²) in [4.78, 5) is 1.55. The first-order valence-electron chi connectivity index (χ1n) is 7.21. The van der Waals surface area contributed by atoms with E-state index in [2.05, 4.69) is 42.7 Å². The molecule has 1 aliphatic heterocycles. The molecule has 0 atom stereocenters. The van der Waals surface area contributed by atoms with Crippen molar-refractivity contribution < 1.29 is 4.74 Å². The summed E-state index contributed by atoms with van der Waals surface area (Å²) < 4.78 is 5.96. The standard InChI is InChI=1S/C17H21OS2/c1-19-11-10-18-16-8-9-17(20-12-4-5-13-20)15-7-3-2-6-14(15)16/h2-3,6-9H,4-5,10-13H2,1H3/q+1. The van der Waals surface area contributed by atoms with Gasteiger partial charge >= 0.3 is 0 Å². The Balaban J connectivity index is 1.96. The molecule has 0 N–H and O–H groups in total. The van der Waals surface area contributed by atoms with Crippen molar-refractivity contribution in [2.24, 2.45) is 0 Å². The second-order valence-electron chi connectivity index (χ2n) is 5.06. The SMILES string of the molecule is CSCCOc1ccc([S+]2CCCC2)c2ccccc12. The molecule has 0 aliphatic carbocycles. The molecule has 1 aliphatic rings. The molecule has 1 nitrogen and oxygen atoms in total. The molecular weight excluding hydrogens is 284 g/mol. The van der Waals surface area contributed by atoms with Crippen molar-refractivity contribution >= 4 is 33.4 Å². The normalized spacial score (nSPS) is 15.8. The number of thioether (sulfide) groups is 1. The molecule has 106 valence electrons. The zero-order valence-corrected chi connectivity index (χ0v) is 13.6. The average Bonchev–Trinajstić information content (AvgIpc) is 3.01. The van der Waals surface area contributed by atoms with Gasteiger partial charge in [0.1, 0.15) is 17.3 Å². The molecule has 1 heterocycles. The maximum Gasteiger partial charge on any atom is 0.162 e. The molecule has 0 aromatic heterocycles. The Labute approximate surface area is 128 Å². The van der Waals surface area contributed by atoms with Crippen molar-refractivity contribution in [3.8, 4) is 5.75 Å². The van der Waals surface area contributed by atoms with Gasteiger partial charge in [-0.15, -0.1) is 0 Å². The third-order valence-electron chi connectivity index (χ3n) is 3.73. The number of fused-ring (bicyclic) bond motifs is 1. The number of benzene rings is 2. The van der Waals surface area contributed by atoms with Gasteiger partial charge in [0, 0.05) is 27.4 Å². The zero-order chi connectivity index (χ0) is 13.8. The lowest BCUT2D eigenvalue weighted by molar-refractivity contribution is 0.348. The third-order valence-corrected chi connectivity index (χ3v) is 6.85. The lowest BCUT2D eigenvalue weighted by Crippen LogP contribution is -2.06. The van der Waals surface area contributed by atoms with E-state index >= 15 is 0 Å².